The number of rotatable bonds is 6. The highest BCUT2D eigenvalue weighted by Gasteiger charge is 2.13. The van der Waals surface area contributed by atoms with Crippen LogP contribution in [0.1, 0.15) is 24.6 Å². The topological polar surface area (TPSA) is 66.4 Å². The first-order valence-corrected chi connectivity index (χ1v) is 6.02. The first-order valence-electron chi connectivity index (χ1n) is 5.14. The molecule has 16 heavy (non-hydrogen) atoms. The van der Waals surface area contributed by atoms with Gasteiger partial charge in [0, 0.05) is 11.3 Å². The predicted molar refractivity (Wildman–Crippen MR) is 62.5 cm³/mol. The lowest BCUT2D eigenvalue weighted by molar-refractivity contribution is -0.141. The van der Waals surface area contributed by atoms with Gasteiger partial charge in [-0.2, -0.15) is 0 Å². The van der Waals surface area contributed by atoms with Gasteiger partial charge in [0.1, 0.15) is 6.04 Å². The quantitative estimate of drug-likeness (QED) is 0.796. The average Bonchev–Trinajstić information content (AvgIpc) is 2.70. The maximum Gasteiger partial charge on any atom is 0.325 e. The minimum atomic E-state index is -1.01. The summed E-state index contributed by atoms with van der Waals surface area (Å²) in [6, 6.07) is 3.20. The summed E-state index contributed by atoms with van der Waals surface area (Å²) in [7, 11) is 0. The van der Waals surface area contributed by atoms with Crippen molar-refractivity contribution < 1.29 is 14.7 Å². The summed E-state index contributed by atoms with van der Waals surface area (Å²) < 4.78 is 0. The number of carboxylic acid groups (broad SMARTS) is 1. The Morgan fingerprint density at radius 3 is 2.88 bits per heavy atom. The van der Waals surface area contributed by atoms with Crippen molar-refractivity contribution in [1.29, 1.82) is 0 Å². The number of hydrogen-bond acceptors (Lipinski definition) is 3. The molecule has 88 valence electrons. The van der Waals surface area contributed by atoms with Gasteiger partial charge in [-0.05, 0) is 31.2 Å². The van der Waals surface area contributed by atoms with Crippen molar-refractivity contribution in [3.05, 3.63) is 22.4 Å². The Hall–Kier alpha value is -1.36. The van der Waals surface area contributed by atoms with Gasteiger partial charge in [0.25, 0.3) is 0 Å². The monoisotopic (exact) mass is 241 g/mol. The number of aliphatic carboxylic acids is 1. The summed E-state index contributed by atoms with van der Waals surface area (Å²) >= 11 is 1.67. The average molecular weight is 241 g/mol. The van der Waals surface area contributed by atoms with Gasteiger partial charge in [-0.25, -0.2) is 0 Å². The van der Waals surface area contributed by atoms with Crippen LogP contribution in [0.4, 0.5) is 0 Å². The van der Waals surface area contributed by atoms with E-state index >= 15 is 0 Å². The summed E-state index contributed by atoms with van der Waals surface area (Å²) in [6.07, 6.45) is 1.99. The summed E-state index contributed by atoms with van der Waals surface area (Å²) in [5, 5.41) is 13.0. The molecular weight excluding hydrogens is 226 g/mol. The molecule has 2 N–H and O–H groups in total. The second kappa shape index (κ2) is 6.27. The van der Waals surface area contributed by atoms with Crippen LogP contribution in [0, 0.1) is 0 Å². The number of carbonyl (C=O) groups is 2. The minimum absolute atomic E-state index is 0.202. The van der Waals surface area contributed by atoms with Crippen molar-refractivity contribution in [2.75, 3.05) is 0 Å². The lowest BCUT2D eigenvalue weighted by Gasteiger charge is -2.08. The molecule has 1 unspecified atom stereocenters. The minimum Gasteiger partial charge on any atom is -0.480 e. The van der Waals surface area contributed by atoms with Gasteiger partial charge in [-0.15, -0.1) is 11.3 Å². The summed E-state index contributed by atoms with van der Waals surface area (Å²) in [6.45, 7) is 1.46. The van der Waals surface area contributed by atoms with Gasteiger partial charge >= 0.3 is 5.97 Å². The lowest BCUT2D eigenvalue weighted by atomic mass is 10.2. The summed E-state index contributed by atoms with van der Waals surface area (Å²) in [5.74, 6) is -1.21. The van der Waals surface area contributed by atoms with E-state index in [1.54, 1.807) is 11.3 Å². The van der Waals surface area contributed by atoms with Crippen molar-refractivity contribution >= 4 is 23.2 Å². The molecule has 1 heterocycles. The van der Waals surface area contributed by atoms with E-state index in [1.165, 1.54) is 11.8 Å². The standard InChI is InChI=1S/C11H15NO3S/c1-8(11(14)15)12-10(13)6-2-4-9-5-3-7-16-9/h3,5,7-8H,2,4,6H2,1H3,(H,12,13)(H,14,15). The van der Waals surface area contributed by atoms with Gasteiger partial charge in [-0.1, -0.05) is 6.07 Å². The number of carbonyl (C=O) groups excluding carboxylic acids is 1. The molecule has 0 spiro atoms. The fraction of sp³-hybridized carbons (Fsp3) is 0.455. The molecule has 0 aliphatic carbocycles. The van der Waals surface area contributed by atoms with E-state index in [4.69, 9.17) is 5.11 Å². The molecule has 1 amide bonds. The van der Waals surface area contributed by atoms with Crippen molar-refractivity contribution in [2.45, 2.75) is 32.2 Å². The van der Waals surface area contributed by atoms with Crippen LogP contribution < -0.4 is 5.32 Å². The first-order chi connectivity index (χ1) is 7.59. The Bertz CT molecular complexity index is 348. The third kappa shape index (κ3) is 4.44. The van der Waals surface area contributed by atoms with Gasteiger partial charge in [0.15, 0.2) is 0 Å². The molecule has 0 fully saturated rings. The second-order valence-electron chi connectivity index (χ2n) is 3.56. The van der Waals surface area contributed by atoms with Crippen molar-refractivity contribution in [3.63, 3.8) is 0 Å². The molecule has 0 aromatic carbocycles. The fourth-order valence-electron chi connectivity index (χ4n) is 1.25. The molecule has 0 saturated carbocycles. The molecule has 1 atom stereocenters. The van der Waals surface area contributed by atoms with Crippen LogP contribution in [0.5, 0.6) is 0 Å². The fourth-order valence-corrected chi connectivity index (χ4v) is 2.00. The molecule has 1 aromatic rings. The Balaban J connectivity index is 2.18. The molecule has 5 heteroatoms. The highest BCUT2D eigenvalue weighted by molar-refractivity contribution is 7.09. The number of nitrogens with one attached hydrogen (secondary N) is 1. The van der Waals surface area contributed by atoms with Crippen LogP contribution >= 0.6 is 11.3 Å². The van der Waals surface area contributed by atoms with Gasteiger partial charge in [-0.3, -0.25) is 9.59 Å². The van der Waals surface area contributed by atoms with Crippen LogP contribution in [0.15, 0.2) is 17.5 Å². The Labute approximate surface area is 98.3 Å². The van der Waals surface area contributed by atoms with E-state index in [0.717, 1.165) is 12.8 Å². The van der Waals surface area contributed by atoms with E-state index in [2.05, 4.69) is 5.32 Å². The zero-order chi connectivity index (χ0) is 12.0. The number of carboxylic acids is 1. The molecule has 0 aliphatic rings. The normalized spacial score (nSPS) is 12.1. The number of aryl methyl sites for hydroxylation is 1. The molecule has 4 nitrogen and oxygen atoms in total. The second-order valence-corrected chi connectivity index (χ2v) is 4.59. The van der Waals surface area contributed by atoms with Gasteiger partial charge < -0.3 is 10.4 Å². The van der Waals surface area contributed by atoms with E-state index in [9.17, 15) is 9.59 Å². The Morgan fingerprint density at radius 2 is 2.31 bits per heavy atom. The maximum absolute atomic E-state index is 11.3. The van der Waals surface area contributed by atoms with Crippen molar-refractivity contribution in [3.8, 4) is 0 Å². The van der Waals surface area contributed by atoms with Gasteiger partial charge in [0.05, 0.1) is 0 Å². The molecule has 0 radical (unpaired) electrons. The van der Waals surface area contributed by atoms with Crippen LogP contribution in [0.2, 0.25) is 0 Å². The third-order valence-electron chi connectivity index (χ3n) is 2.16. The summed E-state index contributed by atoms with van der Waals surface area (Å²) in [5.41, 5.74) is 0. The first kappa shape index (κ1) is 12.7. The largest absolute Gasteiger partial charge is 0.480 e. The number of thiophene rings is 1. The van der Waals surface area contributed by atoms with Crippen molar-refractivity contribution in [1.82, 2.24) is 5.32 Å². The van der Waals surface area contributed by atoms with Crippen molar-refractivity contribution in [2.24, 2.45) is 0 Å². The molecule has 0 bridgehead atoms. The highest BCUT2D eigenvalue weighted by atomic mass is 32.1. The van der Waals surface area contributed by atoms with E-state index < -0.39 is 12.0 Å². The van der Waals surface area contributed by atoms with Gasteiger partial charge in [0.2, 0.25) is 5.91 Å². The lowest BCUT2D eigenvalue weighted by Crippen LogP contribution is -2.38. The van der Waals surface area contributed by atoms with E-state index in [-0.39, 0.29) is 5.91 Å². The maximum atomic E-state index is 11.3. The van der Waals surface area contributed by atoms with E-state index in [0.29, 0.717) is 6.42 Å². The Kier molecular flexibility index (Phi) is 4.98. The summed E-state index contributed by atoms with van der Waals surface area (Å²) in [4.78, 5) is 23.0. The van der Waals surface area contributed by atoms with E-state index in [1.807, 2.05) is 17.5 Å². The molecule has 0 aliphatic heterocycles. The SMILES string of the molecule is CC(NC(=O)CCCc1cccs1)C(=O)O. The number of hydrogen-bond donors (Lipinski definition) is 2. The van der Waals surface area contributed by atoms with Crippen LogP contribution in [-0.2, 0) is 16.0 Å². The zero-order valence-electron chi connectivity index (χ0n) is 9.10. The van der Waals surface area contributed by atoms with Crippen LogP contribution in [-0.4, -0.2) is 23.0 Å². The zero-order valence-corrected chi connectivity index (χ0v) is 9.92. The molecule has 0 saturated heterocycles. The smallest absolute Gasteiger partial charge is 0.325 e. The van der Waals surface area contributed by atoms with Crippen LogP contribution in [0.25, 0.3) is 0 Å². The Morgan fingerprint density at radius 1 is 1.56 bits per heavy atom. The highest BCUT2D eigenvalue weighted by Crippen LogP contribution is 2.11. The number of amides is 1. The van der Waals surface area contributed by atoms with Crippen LogP contribution in [0.3, 0.4) is 0 Å². The predicted octanol–water partition coefficient (Wildman–Crippen LogP) is 1.66. The third-order valence-corrected chi connectivity index (χ3v) is 3.09. The molecule has 1 rings (SSSR count). The molecule has 1 aromatic heterocycles. The molecular formula is C11H15NO3S.